The highest BCUT2D eigenvalue weighted by molar-refractivity contribution is 7.99. The zero-order chi connectivity index (χ0) is 13.0. The maximum Gasteiger partial charge on any atom is 0.242 e. The third-order valence-electron chi connectivity index (χ3n) is 2.52. The third-order valence-corrected chi connectivity index (χ3v) is 3.46. The summed E-state index contributed by atoms with van der Waals surface area (Å²) < 4.78 is 1.48. The summed E-state index contributed by atoms with van der Waals surface area (Å²) in [7, 11) is 1.57. The second kappa shape index (κ2) is 5.87. The first-order chi connectivity index (χ1) is 8.69. The van der Waals surface area contributed by atoms with E-state index in [1.165, 1.54) is 10.9 Å². The molecule has 1 aromatic rings. The molecule has 2 heterocycles. The van der Waals surface area contributed by atoms with E-state index >= 15 is 0 Å². The minimum absolute atomic E-state index is 0.0699. The summed E-state index contributed by atoms with van der Waals surface area (Å²) in [6.45, 7) is 0.143. The van der Waals surface area contributed by atoms with Crippen LogP contribution in [0.2, 0.25) is 0 Å². The Labute approximate surface area is 109 Å². The molecule has 1 aromatic heterocycles. The highest BCUT2D eigenvalue weighted by Gasteiger charge is 2.22. The van der Waals surface area contributed by atoms with Crippen LogP contribution in [0.4, 0.5) is 5.69 Å². The van der Waals surface area contributed by atoms with Gasteiger partial charge in [-0.15, -0.1) is 11.8 Å². The van der Waals surface area contributed by atoms with Crippen LogP contribution in [-0.4, -0.2) is 46.3 Å². The van der Waals surface area contributed by atoms with Crippen molar-refractivity contribution < 1.29 is 9.59 Å². The van der Waals surface area contributed by atoms with Gasteiger partial charge in [-0.2, -0.15) is 5.10 Å². The Morgan fingerprint density at radius 2 is 2.50 bits per heavy atom. The number of hydrogen-bond donors (Lipinski definition) is 3. The summed E-state index contributed by atoms with van der Waals surface area (Å²) >= 11 is 1.69. The van der Waals surface area contributed by atoms with Gasteiger partial charge in [0, 0.05) is 24.9 Å². The van der Waals surface area contributed by atoms with Gasteiger partial charge in [-0.25, -0.2) is 0 Å². The summed E-state index contributed by atoms with van der Waals surface area (Å²) in [5, 5.41) is 12.4. The average molecular weight is 269 g/mol. The topological polar surface area (TPSA) is 88.0 Å². The van der Waals surface area contributed by atoms with Crippen LogP contribution in [0.15, 0.2) is 12.4 Å². The van der Waals surface area contributed by atoms with E-state index in [0.717, 1.165) is 11.6 Å². The number of amides is 2. The fourth-order valence-electron chi connectivity index (χ4n) is 1.53. The Morgan fingerprint density at radius 3 is 3.17 bits per heavy atom. The number of nitrogens with zero attached hydrogens (tertiary/aromatic N) is 2. The normalized spacial score (nSPS) is 18.6. The van der Waals surface area contributed by atoms with E-state index in [2.05, 4.69) is 21.0 Å². The van der Waals surface area contributed by atoms with Gasteiger partial charge < -0.3 is 10.6 Å². The standard InChI is InChI=1S/C10H15N5O2S/c1-11-9(16)4-15-3-7(2-13-15)14-10(17)8-5-18-6-12-8/h2-3,8,12H,4-6H2,1H3,(H,11,16)(H,14,17). The molecule has 0 saturated carbocycles. The van der Waals surface area contributed by atoms with Crippen LogP contribution < -0.4 is 16.0 Å². The highest BCUT2D eigenvalue weighted by Crippen LogP contribution is 2.12. The van der Waals surface area contributed by atoms with Crippen LogP contribution in [0.25, 0.3) is 0 Å². The molecule has 18 heavy (non-hydrogen) atoms. The van der Waals surface area contributed by atoms with E-state index < -0.39 is 0 Å². The number of thioether (sulfide) groups is 1. The van der Waals surface area contributed by atoms with E-state index in [-0.39, 0.29) is 24.4 Å². The van der Waals surface area contributed by atoms with Gasteiger partial charge in [0.05, 0.1) is 17.9 Å². The predicted molar refractivity (Wildman–Crippen MR) is 69.2 cm³/mol. The lowest BCUT2D eigenvalue weighted by atomic mass is 10.3. The van der Waals surface area contributed by atoms with Gasteiger partial charge in [-0.3, -0.25) is 19.6 Å². The number of rotatable bonds is 4. The summed E-state index contributed by atoms with van der Waals surface area (Å²) in [6, 6.07) is -0.155. The molecule has 2 rings (SSSR count). The van der Waals surface area contributed by atoms with Gasteiger partial charge in [0.1, 0.15) is 6.54 Å². The van der Waals surface area contributed by atoms with Gasteiger partial charge in [0.25, 0.3) is 0 Å². The smallest absolute Gasteiger partial charge is 0.242 e. The lowest BCUT2D eigenvalue weighted by Gasteiger charge is -2.08. The Balaban J connectivity index is 1.89. The van der Waals surface area contributed by atoms with Crippen molar-refractivity contribution in [3.05, 3.63) is 12.4 Å². The van der Waals surface area contributed by atoms with Crippen LogP contribution >= 0.6 is 11.8 Å². The van der Waals surface area contributed by atoms with Crippen LogP contribution in [0.5, 0.6) is 0 Å². The third kappa shape index (κ3) is 3.23. The van der Waals surface area contributed by atoms with Gasteiger partial charge in [-0.1, -0.05) is 0 Å². The van der Waals surface area contributed by atoms with Crippen LogP contribution in [0.1, 0.15) is 0 Å². The molecule has 1 aliphatic rings. The van der Waals surface area contributed by atoms with E-state index in [4.69, 9.17) is 0 Å². The SMILES string of the molecule is CNC(=O)Cn1cc(NC(=O)C2CSCN2)cn1. The fraction of sp³-hybridized carbons (Fsp3) is 0.500. The van der Waals surface area contributed by atoms with Gasteiger partial charge in [0.15, 0.2) is 0 Å². The van der Waals surface area contributed by atoms with Crippen LogP contribution in [0, 0.1) is 0 Å². The Hall–Kier alpha value is -1.54. The first-order valence-corrected chi connectivity index (χ1v) is 6.69. The van der Waals surface area contributed by atoms with Crippen molar-refractivity contribution in [3.63, 3.8) is 0 Å². The molecule has 0 spiro atoms. The van der Waals surface area contributed by atoms with E-state index in [1.54, 1.807) is 25.0 Å². The van der Waals surface area contributed by atoms with E-state index in [0.29, 0.717) is 5.69 Å². The van der Waals surface area contributed by atoms with Gasteiger partial charge >= 0.3 is 0 Å². The molecule has 1 fully saturated rings. The number of nitrogens with one attached hydrogen (secondary N) is 3. The molecule has 1 aliphatic heterocycles. The number of carbonyl (C=O) groups is 2. The Morgan fingerprint density at radius 1 is 1.67 bits per heavy atom. The second-order valence-electron chi connectivity index (χ2n) is 3.86. The van der Waals surface area contributed by atoms with Crippen molar-refractivity contribution in [1.29, 1.82) is 0 Å². The molecule has 2 amide bonds. The first kappa shape index (κ1) is 12.9. The molecular weight excluding hydrogens is 254 g/mol. The average Bonchev–Trinajstić information content (AvgIpc) is 3.00. The van der Waals surface area contributed by atoms with Crippen LogP contribution in [0.3, 0.4) is 0 Å². The summed E-state index contributed by atoms with van der Waals surface area (Å²) in [5.41, 5.74) is 0.600. The Kier molecular flexibility index (Phi) is 4.21. The van der Waals surface area contributed by atoms with E-state index in [1.807, 2.05) is 0 Å². The van der Waals surface area contributed by atoms with Crippen molar-refractivity contribution in [1.82, 2.24) is 20.4 Å². The van der Waals surface area contributed by atoms with Crippen molar-refractivity contribution in [2.75, 3.05) is 24.0 Å². The van der Waals surface area contributed by atoms with Gasteiger partial charge in [0.2, 0.25) is 11.8 Å². The molecule has 0 aliphatic carbocycles. The molecule has 3 N–H and O–H groups in total. The molecule has 8 heteroatoms. The minimum Gasteiger partial charge on any atom is -0.358 e. The number of likely N-dealkylation sites (N-methyl/N-ethyl adjacent to an activating group) is 1. The highest BCUT2D eigenvalue weighted by atomic mass is 32.2. The molecule has 1 unspecified atom stereocenters. The van der Waals surface area contributed by atoms with Crippen molar-refractivity contribution in [2.24, 2.45) is 0 Å². The van der Waals surface area contributed by atoms with Crippen molar-refractivity contribution in [2.45, 2.75) is 12.6 Å². The largest absolute Gasteiger partial charge is 0.358 e. The molecule has 0 bridgehead atoms. The minimum atomic E-state index is -0.155. The zero-order valence-corrected chi connectivity index (χ0v) is 10.8. The molecular formula is C10H15N5O2S. The van der Waals surface area contributed by atoms with Crippen molar-refractivity contribution >= 4 is 29.3 Å². The number of aromatic nitrogens is 2. The summed E-state index contributed by atoms with van der Waals surface area (Å²) in [6.07, 6.45) is 3.16. The first-order valence-electron chi connectivity index (χ1n) is 5.54. The van der Waals surface area contributed by atoms with E-state index in [9.17, 15) is 9.59 Å². The number of carbonyl (C=O) groups excluding carboxylic acids is 2. The van der Waals surface area contributed by atoms with Crippen molar-refractivity contribution in [3.8, 4) is 0 Å². The maximum absolute atomic E-state index is 11.8. The number of anilines is 1. The van der Waals surface area contributed by atoms with Crippen LogP contribution in [-0.2, 0) is 16.1 Å². The van der Waals surface area contributed by atoms with Gasteiger partial charge in [-0.05, 0) is 0 Å². The molecule has 1 saturated heterocycles. The summed E-state index contributed by atoms with van der Waals surface area (Å²) in [4.78, 5) is 22.9. The molecule has 1 atom stereocenters. The lowest BCUT2D eigenvalue weighted by Crippen LogP contribution is -2.37. The quantitative estimate of drug-likeness (QED) is 0.668. The zero-order valence-electron chi connectivity index (χ0n) is 9.97. The molecule has 0 radical (unpaired) electrons. The lowest BCUT2D eigenvalue weighted by molar-refractivity contribution is -0.121. The molecule has 98 valence electrons. The number of hydrogen-bond acceptors (Lipinski definition) is 5. The predicted octanol–water partition coefficient (Wildman–Crippen LogP) is -0.770. The monoisotopic (exact) mass is 269 g/mol. The Bertz CT molecular complexity index is 441. The summed E-state index contributed by atoms with van der Waals surface area (Å²) in [5.74, 6) is 1.37. The molecule has 7 nitrogen and oxygen atoms in total. The second-order valence-corrected chi connectivity index (χ2v) is 4.89. The maximum atomic E-state index is 11.8. The fourth-order valence-corrected chi connectivity index (χ4v) is 2.48. The molecule has 0 aromatic carbocycles.